The molecule has 6 rings (SSSR count). The smallest absolute Gasteiger partial charge is 0.187 e. The largest absolute Gasteiger partial charge is 0.394 e. The van der Waals surface area contributed by atoms with E-state index in [2.05, 4.69) is 26.8 Å². The molecule has 10 N–H and O–H groups in total. The number of fused-ring (bicyclic) bond motifs is 5. The van der Waals surface area contributed by atoms with Gasteiger partial charge < -0.3 is 70.0 Å². The molecule has 0 aromatic carbocycles. The van der Waals surface area contributed by atoms with Crippen molar-refractivity contribution in [2.75, 3.05) is 13.2 Å². The second-order valence-corrected chi connectivity index (χ2v) is 20.2. The summed E-state index contributed by atoms with van der Waals surface area (Å²) in [4.78, 5) is 0. The first-order valence-corrected chi connectivity index (χ1v) is 21.0. The Morgan fingerprint density at radius 3 is 1.89 bits per heavy atom. The van der Waals surface area contributed by atoms with Crippen molar-refractivity contribution < 1.29 is 70.0 Å². The maximum Gasteiger partial charge on any atom is 0.187 e. The first kappa shape index (κ1) is 44.7. The number of aliphatic hydroxyl groups is 10. The van der Waals surface area contributed by atoms with Crippen molar-refractivity contribution in [2.24, 2.45) is 45.3 Å². The summed E-state index contributed by atoms with van der Waals surface area (Å²) in [6, 6.07) is 0. The van der Waals surface area contributed by atoms with Gasteiger partial charge in [-0.15, -0.1) is 0 Å². The Hall–Kier alpha value is -0.820. The summed E-state index contributed by atoms with van der Waals surface area (Å²) in [5, 5.41) is 109. The Bertz CT molecular complexity index is 1400. The van der Waals surface area contributed by atoms with E-state index in [0.717, 1.165) is 12.0 Å². The van der Waals surface area contributed by atoms with Crippen LogP contribution in [0.25, 0.3) is 0 Å². The average molecular weight is 801 g/mol. The minimum absolute atomic E-state index is 0.000258. The SMILES string of the molecule is CC(C)=CCC[C@](C)(O[C@@H]1O[C@H](CO)[C@@H](O)[C@H](O)[C@H]1O)[C@H]1CC[C@]2(C)[C@@H]1[C@H](O)C[C@H]1[C@@]3(C)CC[C@H](O)C(C)(C)[C@@H]3[C@@H](O[C@@H]3O[C@H](CO)[C@@H](O)[C@H](O)[C@H]3O)C[C@]12C. The zero-order chi connectivity index (χ0) is 41.5. The Morgan fingerprint density at radius 2 is 1.32 bits per heavy atom. The molecule has 0 unspecified atom stereocenters. The number of hydrogen-bond donors (Lipinski definition) is 10. The van der Waals surface area contributed by atoms with Crippen molar-refractivity contribution >= 4 is 0 Å². The fraction of sp³-hybridized carbons (Fsp3) is 0.952. The van der Waals surface area contributed by atoms with Crippen LogP contribution in [0.3, 0.4) is 0 Å². The molecule has 324 valence electrons. The van der Waals surface area contributed by atoms with Crippen molar-refractivity contribution in [1.82, 2.24) is 0 Å². The number of allylic oxidation sites excluding steroid dienone is 2. The third-order valence-electron chi connectivity index (χ3n) is 16.6. The van der Waals surface area contributed by atoms with Gasteiger partial charge in [0, 0.05) is 0 Å². The number of ether oxygens (including phenoxy) is 4. The lowest BCUT2D eigenvalue weighted by molar-refractivity contribution is -0.349. The highest BCUT2D eigenvalue weighted by atomic mass is 16.7. The van der Waals surface area contributed by atoms with Gasteiger partial charge in [-0.1, -0.05) is 46.3 Å². The molecule has 0 aromatic heterocycles. The number of hydrogen-bond acceptors (Lipinski definition) is 14. The molecule has 0 amide bonds. The molecular formula is C42H72O14. The van der Waals surface area contributed by atoms with Gasteiger partial charge in [0.25, 0.3) is 0 Å². The highest BCUT2D eigenvalue weighted by Crippen LogP contribution is 2.76. The summed E-state index contributed by atoms with van der Waals surface area (Å²) in [5.74, 6) is -0.781. The summed E-state index contributed by atoms with van der Waals surface area (Å²) < 4.78 is 25.4. The van der Waals surface area contributed by atoms with Gasteiger partial charge in [-0.3, -0.25) is 0 Å². The molecular weight excluding hydrogens is 728 g/mol. The second-order valence-electron chi connectivity index (χ2n) is 20.2. The lowest BCUT2D eigenvalue weighted by Crippen LogP contribution is -2.71. The molecule has 4 aliphatic carbocycles. The van der Waals surface area contributed by atoms with Crippen LogP contribution >= 0.6 is 0 Å². The maximum absolute atomic E-state index is 12.6. The number of rotatable bonds is 10. The zero-order valence-corrected chi connectivity index (χ0v) is 34.6. The van der Waals surface area contributed by atoms with E-state index < -0.39 is 120 Å². The van der Waals surface area contributed by atoms with Crippen LogP contribution in [0.5, 0.6) is 0 Å². The summed E-state index contributed by atoms with van der Waals surface area (Å²) in [7, 11) is 0. The molecule has 2 heterocycles. The number of aliphatic hydroxyl groups excluding tert-OH is 10. The molecule has 14 heteroatoms. The fourth-order valence-electron chi connectivity index (χ4n) is 13.5. The van der Waals surface area contributed by atoms with Crippen molar-refractivity contribution in [3.8, 4) is 0 Å². The summed E-state index contributed by atoms with van der Waals surface area (Å²) >= 11 is 0. The van der Waals surface area contributed by atoms with Gasteiger partial charge in [0.05, 0.1) is 37.1 Å². The van der Waals surface area contributed by atoms with Crippen molar-refractivity contribution in [3.63, 3.8) is 0 Å². The quantitative estimate of drug-likeness (QED) is 0.110. The molecule has 14 nitrogen and oxygen atoms in total. The van der Waals surface area contributed by atoms with Crippen LogP contribution in [-0.4, -0.2) is 150 Å². The van der Waals surface area contributed by atoms with Gasteiger partial charge in [-0.2, -0.15) is 0 Å². The summed E-state index contributed by atoms with van der Waals surface area (Å²) in [5.41, 5.74) is -1.92. The molecule has 6 aliphatic rings. The van der Waals surface area contributed by atoms with Crippen LogP contribution in [0, 0.1) is 45.3 Å². The monoisotopic (exact) mass is 800 g/mol. The van der Waals surface area contributed by atoms with Gasteiger partial charge in [-0.05, 0) is 117 Å². The Morgan fingerprint density at radius 1 is 0.750 bits per heavy atom. The third kappa shape index (κ3) is 7.06. The Balaban J connectivity index is 1.39. The Kier molecular flexibility index (Phi) is 12.7. The molecule has 21 atom stereocenters. The second kappa shape index (κ2) is 15.9. The van der Waals surface area contributed by atoms with E-state index >= 15 is 0 Å². The zero-order valence-electron chi connectivity index (χ0n) is 34.6. The minimum atomic E-state index is -1.61. The van der Waals surface area contributed by atoms with Crippen molar-refractivity contribution in [1.29, 1.82) is 0 Å². The van der Waals surface area contributed by atoms with Gasteiger partial charge in [0.15, 0.2) is 12.6 Å². The summed E-state index contributed by atoms with van der Waals surface area (Å²) in [6.45, 7) is 15.7. The molecule has 56 heavy (non-hydrogen) atoms. The summed E-state index contributed by atoms with van der Waals surface area (Å²) in [6.07, 6.45) is -9.52. The molecule has 4 saturated carbocycles. The first-order valence-electron chi connectivity index (χ1n) is 21.0. The van der Waals surface area contributed by atoms with E-state index in [-0.39, 0.29) is 23.7 Å². The normalized spacial score (nSPS) is 52.6. The lowest BCUT2D eigenvalue weighted by Gasteiger charge is -2.72. The van der Waals surface area contributed by atoms with Gasteiger partial charge >= 0.3 is 0 Å². The van der Waals surface area contributed by atoms with Gasteiger partial charge in [-0.25, -0.2) is 0 Å². The maximum atomic E-state index is 12.6. The van der Waals surface area contributed by atoms with Crippen LogP contribution in [0.2, 0.25) is 0 Å². The highest BCUT2D eigenvalue weighted by molar-refractivity contribution is 5.22. The van der Waals surface area contributed by atoms with E-state index in [1.807, 2.05) is 34.6 Å². The predicted octanol–water partition coefficient (Wildman–Crippen LogP) is 1.12. The molecule has 0 radical (unpaired) electrons. The van der Waals surface area contributed by atoms with Crippen LogP contribution in [0.4, 0.5) is 0 Å². The molecule has 6 fully saturated rings. The molecule has 2 aliphatic heterocycles. The van der Waals surface area contributed by atoms with Crippen LogP contribution in [-0.2, 0) is 18.9 Å². The van der Waals surface area contributed by atoms with E-state index in [9.17, 15) is 51.1 Å². The van der Waals surface area contributed by atoms with E-state index in [0.29, 0.717) is 44.9 Å². The predicted molar refractivity (Wildman–Crippen MR) is 202 cm³/mol. The van der Waals surface area contributed by atoms with Crippen LogP contribution < -0.4 is 0 Å². The molecule has 0 bridgehead atoms. The fourth-order valence-corrected chi connectivity index (χ4v) is 13.5. The van der Waals surface area contributed by atoms with E-state index in [1.165, 1.54) is 0 Å². The van der Waals surface area contributed by atoms with Crippen LogP contribution in [0.1, 0.15) is 107 Å². The molecule has 0 spiro atoms. The Labute approximate surface area is 331 Å². The topological polar surface area (TPSA) is 239 Å². The van der Waals surface area contributed by atoms with Gasteiger partial charge in [0.2, 0.25) is 0 Å². The van der Waals surface area contributed by atoms with Crippen molar-refractivity contribution in [2.45, 2.75) is 192 Å². The van der Waals surface area contributed by atoms with E-state index in [4.69, 9.17) is 18.9 Å². The molecule has 2 saturated heterocycles. The molecule has 0 aromatic rings. The van der Waals surface area contributed by atoms with Crippen molar-refractivity contribution in [3.05, 3.63) is 11.6 Å². The average Bonchev–Trinajstić information content (AvgIpc) is 3.52. The minimum Gasteiger partial charge on any atom is -0.394 e. The van der Waals surface area contributed by atoms with Gasteiger partial charge in [0.1, 0.15) is 48.8 Å². The first-order chi connectivity index (χ1) is 26.0. The van der Waals surface area contributed by atoms with Crippen LogP contribution in [0.15, 0.2) is 11.6 Å². The lowest BCUT2D eigenvalue weighted by atomic mass is 9.34. The standard InChI is InChI=1S/C42H72O14/c1-20(2)10-9-13-42(8,56-37-34(52)32(50)30(48)25(19-44)55-37)21-11-15-40(6)28(21)22(45)16-26-39(5)14-12-27(46)38(3,4)35(39)23(17-41(26,40)7)53-36-33(51)31(49)29(47)24(18-43)54-36/h10,21-37,43-52H,9,11-19H2,1-8H3/t21-,22+,23-,24+,25+,26-,27-,28-,29+,30+,31-,32-,33+,34+,35-,36+,37-,39+,40+,41+,42-/m0/s1. The van der Waals surface area contributed by atoms with E-state index in [1.54, 1.807) is 0 Å². The third-order valence-corrected chi connectivity index (χ3v) is 16.6. The highest BCUT2D eigenvalue weighted by Gasteiger charge is 2.74.